The van der Waals surface area contributed by atoms with E-state index >= 15 is 0 Å². The van der Waals surface area contributed by atoms with E-state index in [4.69, 9.17) is 4.42 Å². The fourth-order valence-corrected chi connectivity index (χ4v) is 1.84. The van der Waals surface area contributed by atoms with Gasteiger partial charge in [-0.15, -0.1) is 0 Å². The van der Waals surface area contributed by atoms with Crippen LogP contribution in [0.1, 0.15) is 5.82 Å². The number of nitrogens with one attached hydrogen (secondary N) is 1. The lowest BCUT2D eigenvalue weighted by Gasteiger charge is -2.16. The molecule has 0 aromatic carbocycles. The molecule has 0 radical (unpaired) electrons. The Bertz CT molecular complexity index is 430. The van der Waals surface area contributed by atoms with Crippen LogP contribution in [0.4, 0.5) is 0 Å². The quantitative estimate of drug-likeness (QED) is 0.734. The van der Waals surface area contributed by atoms with Gasteiger partial charge in [-0.25, -0.2) is 4.98 Å². The molecule has 72 valence electrons. The van der Waals surface area contributed by atoms with Crippen molar-refractivity contribution in [3.63, 3.8) is 0 Å². The Morgan fingerprint density at radius 2 is 2.50 bits per heavy atom. The second-order valence-electron chi connectivity index (χ2n) is 3.40. The third-order valence-corrected chi connectivity index (χ3v) is 2.55. The van der Waals surface area contributed by atoms with Gasteiger partial charge in [-0.05, 0) is 6.07 Å². The van der Waals surface area contributed by atoms with Crippen molar-refractivity contribution in [2.45, 2.75) is 13.1 Å². The minimum Gasteiger partial charge on any atom is -0.472 e. The van der Waals surface area contributed by atoms with Gasteiger partial charge in [0.25, 0.3) is 0 Å². The highest BCUT2D eigenvalue weighted by Gasteiger charge is 2.14. The molecule has 1 aliphatic rings. The summed E-state index contributed by atoms with van der Waals surface area (Å²) in [5.74, 6) is 1.10. The normalized spacial score (nSPS) is 15.4. The summed E-state index contributed by atoms with van der Waals surface area (Å²) in [5.41, 5.74) is 2.25. The third-order valence-electron chi connectivity index (χ3n) is 2.55. The molecular formula is C10H11N3O. The van der Waals surface area contributed by atoms with Crippen LogP contribution in [0.3, 0.4) is 0 Å². The Kier molecular flexibility index (Phi) is 1.67. The number of aromatic nitrogens is 2. The van der Waals surface area contributed by atoms with Crippen LogP contribution in [0.15, 0.2) is 29.2 Å². The van der Waals surface area contributed by atoms with Crippen LogP contribution < -0.4 is 5.32 Å². The van der Waals surface area contributed by atoms with E-state index in [0.29, 0.717) is 0 Å². The highest BCUT2D eigenvalue weighted by atomic mass is 16.3. The van der Waals surface area contributed by atoms with Gasteiger partial charge in [0.2, 0.25) is 0 Å². The monoisotopic (exact) mass is 189 g/mol. The molecule has 0 bridgehead atoms. The van der Waals surface area contributed by atoms with Crippen LogP contribution in [0.25, 0.3) is 11.3 Å². The Labute approximate surface area is 81.6 Å². The van der Waals surface area contributed by atoms with E-state index in [1.54, 1.807) is 12.5 Å². The summed E-state index contributed by atoms with van der Waals surface area (Å²) in [7, 11) is 0. The molecule has 0 fully saturated rings. The van der Waals surface area contributed by atoms with Crippen molar-refractivity contribution in [1.82, 2.24) is 14.9 Å². The van der Waals surface area contributed by atoms with Gasteiger partial charge in [-0.1, -0.05) is 0 Å². The molecule has 0 aliphatic carbocycles. The van der Waals surface area contributed by atoms with E-state index in [9.17, 15) is 0 Å². The summed E-state index contributed by atoms with van der Waals surface area (Å²) in [6.45, 7) is 2.85. The summed E-state index contributed by atoms with van der Waals surface area (Å²) >= 11 is 0. The summed E-state index contributed by atoms with van der Waals surface area (Å²) < 4.78 is 7.31. The van der Waals surface area contributed by atoms with Crippen molar-refractivity contribution in [1.29, 1.82) is 0 Å². The standard InChI is InChI=1S/C10H11N3O/c1-4-14-7-8(1)9-5-12-10-6-11-2-3-13(9)10/h1,4-5,7,11H,2-3,6H2. The van der Waals surface area contributed by atoms with E-state index in [1.165, 1.54) is 0 Å². The molecule has 0 amide bonds. The maximum absolute atomic E-state index is 5.07. The molecule has 1 N–H and O–H groups in total. The molecule has 0 unspecified atom stereocenters. The minimum atomic E-state index is 0.859. The molecule has 1 aliphatic heterocycles. The zero-order valence-corrected chi connectivity index (χ0v) is 7.73. The van der Waals surface area contributed by atoms with Gasteiger partial charge in [-0.3, -0.25) is 0 Å². The number of hydrogen-bond donors (Lipinski definition) is 1. The van der Waals surface area contributed by atoms with Gasteiger partial charge in [0, 0.05) is 18.7 Å². The first kappa shape index (κ1) is 7.82. The smallest absolute Gasteiger partial charge is 0.123 e. The number of hydrogen-bond acceptors (Lipinski definition) is 3. The van der Waals surface area contributed by atoms with Crippen LogP contribution in [0.5, 0.6) is 0 Å². The van der Waals surface area contributed by atoms with E-state index in [1.807, 2.05) is 12.3 Å². The van der Waals surface area contributed by atoms with Crippen molar-refractivity contribution < 1.29 is 4.42 Å². The topological polar surface area (TPSA) is 43.0 Å². The first-order chi connectivity index (χ1) is 6.95. The number of nitrogens with zero attached hydrogens (tertiary/aromatic N) is 2. The zero-order valence-electron chi connectivity index (χ0n) is 7.73. The lowest BCUT2D eigenvalue weighted by atomic mass is 10.2. The van der Waals surface area contributed by atoms with E-state index in [-0.39, 0.29) is 0 Å². The number of furan rings is 1. The number of imidazole rings is 1. The predicted octanol–water partition coefficient (Wildman–Crippen LogP) is 1.25. The fraction of sp³-hybridized carbons (Fsp3) is 0.300. The number of fused-ring (bicyclic) bond motifs is 1. The van der Waals surface area contributed by atoms with Crippen molar-refractivity contribution >= 4 is 0 Å². The fourth-order valence-electron chi connectivity index (χ4n) is 1.84. The maximum atomic E-state index is 5.07. The Balaban J connectivity index is 2.11. The largest absolute Gasteiger partial charge is 0.472 e. The highest BCUT2D eigenvalue weighted by Crippen LogP contribution is 2.22. The molecule has 0 atom stereocenters. The Morgan fingerprint density at radius 1 is 1.50 bits per heavy atom. The Hall–Kier alpha value is -1.55. The Morgan fingerprint density at radius 3 is 3.36 bits per heavy atom. The summed E-state index contributed by atoms with van der Waals surface area (Å²) in [6.07, 6.45) is 5.36. The molecule has 3 heterocycles. The van der Waals surface area contributed by atoms with Crippen molar-refractivity contribution in [2.24, 2.45) is 0 Å². The molecule has 2 aromatic rings. The lowest BCUT2D eigenvalue weighted by Crippen LogP contribution is -2.28. The molecule has 2 aromatic heterocycles. The van der Waals surface area contributed by atoms with Crippen LogP contribution in [-0.2, 0) is 13.1 Å². The zero-order chi connectivity index (χ0) is 9.38. The van der Waals surface area contributed by atoms with Gasteiger partial charge in [-0.2, -0.15) is 0 Å². The first-order valence-corrected chi connectivity index (χ1v) is 4.73. The molecular weight excluding hydrogens is 178 g/mol. The van der Waals surface area contributed by atoms with E-state index < -0.39 is 0 Å². The summed E-state index contributed by atoms with van der Waals surface area (Å²) in [6, 6.07) is 1.96. The molecule has 3 rings (SSSR count). The van der Waals surface area contributed by atoms with E-state index in [2.05, 4.69) is 14.9 Å². The summed E-state index contributed by atoms with van der Waals surface area (Å²) in [4.78, 5) is 4.37. The van der Waals surface area contributed by atoms with Gasteiger partial charge >= 0.3 is 0 Å². The van der Waals surface area contributed by atoms with Crippen molar-refractivity contribution in [3.05, 3.63) is 30.6 Å². The first-order valence-electron chi connectivity index (χ1n) is 4.73. The van der Waals surface area contributed by atoms with Gasteiger partial charge in [0.1, 0.15) is 5.82 Å². The van der Waals surface area contributed by atoms with Gasteiger partial charge in [0.15, 0.2) is 0 Å². The molecule has 4 heteroatoms. The average Bonchev–Trinajstić information content (AvgIpc) is 2.85. The van der Waals surface area contributed by atoms with Crippen LogP contribution >= 0.6 is 0 Å². The third kappa shape index (κ3) is 1.08. The molecule has 0 spiro atoms. The average molecular weight is 189 g/mol. The number of rotatable bonds is 1. The highest BCUT2D eigenvalue weighted by molar-refractivity contribution is 5.57. The van der Waals surface area contributed by atoms with E-state index in [0.717, 1.165) is 36.7 Å². The van der Waals surface area contributed by atoms with Crippen LogP contribution in [-0.4, -0.2) is 16.1 Å². The van der Waals surface area contributed by atoms with Crippen LogP contribution in [0.2, 0.25) is 0 Å². The summed E-state index contributed by atoms with van der Waals surface area (Å²) in [5, 5.41) is 3.29. The van der Waals surface area contributed by atoms with Crippen molar-refractivity contribution in [2.75, 3.05) is 6.54 Å². The van der Waals surface area contributed by atoms with Crippen LogP contribution in [0, 0.1) is 0 Å². The van der Waals surface area contributed by atoms with Crippen molar-refractivity contribution in [3.8, 4) is 11.3 Å². The second-order valence-corrected chi connectivity index (χ2v) is 3.40. The molecule has 0 saturated heterocycles. The van der Waals surface area contributed by atoms with Gasteiger partial charge in [0.05, 0.1) is 31.0 Å². The van der Waals surface area contributed by atoms with Gasteiger partial charge < -0.3 is 14.3 Å². The molecule has 0 saturated carbocycles. The molecule has 4 nitrogen and oxygen atoms in total. The lowest BCUT2D eigenvalue weighted by molar-refractivity contribution is 0.508. The SMILES string of the molecule is c1cc(-c2cnc3n2CCNC3)co1. The minimum absolute atomic E-state index is 0.859. The predicted molar refractivity (Wildman–Crippen MR) is 51.6 cm³/mol. The maximum Gasteiger partial charge on any atom is 0.123 e. The molecule has 14 heavy (non-hydrogen) atoms. The second kappa shape index (κ2) is 2.99.